The van der Waals surface area contributed by atoms with E-state index in [1.807, 2.05) is 19.3 Å². The van der Waals surface area contributed by atoms with Crippen LogP contribution in [0.4, 0.5) is 18.9 Å². The van der Waals surface area contributed by atoms with E-state index in [1.165, 1.54) is 6.92 Å². The number of aromatic nitrogens is 4. The Bertz CT molecular complexity index is 888. The van der Waals surface area contributed by atoms with Crippen LogP contribution in [0.25, 0.3) is 0 Å². The number of nitrogens with one attached hydrogen (secondary N) is 2. The zero-order chi connectivity index (χ0) is 19.8. The highest BCUT2D eigenvalue weighted by Crippen LogP contribution is 2.34. The van der Waals surface area contributed by atoms with Crippen molar-refractivity contribution in [2.24, 2.45) is 17.8 Å². The largest absolute Gasteiger partial charge is 0.417 e. The smallest absolute Gasteiger partial charge is 0.332 e. The average molecular weight is 382 g/mol. The van der Waals surface area contributed by atoms with E-state index in [-0.39, 0.29) is 5.96 Å². The third-order valence-electron chi connectivity index (χ3n) is 4.11. The number of hydrogen-bond acceptors (Lipinski definition) is 6. The number of nitrogens with two attached hydrogens (primary N) is 1. The van der Waals surface area contributed by atoms with Gasteiger partial charge in [0.1, 0.15) is 5.66 Å². The number of rotatable bonds is 4. The van der Waals surface area contributed by atoms with Crippen molar-refractivity contribution in [3.63, 3.8) is 0 Å². The molecule has 0 bridgehead atoms. The van der Waals surface area contributed by atoms with Crippen LogP contribution in [0.2, 0.25) is 0 Å². The Morgan fingerprint density at radius 2 is 2.07 bits per heavy atom. The molecule has 2 aromatic rings. The summed E-state index contributed by atoms with van der Waals surface area (Å²) in [6.07, 6.45) is 0.614. The first-order valence-corrected chi connectivity index (χ1v) is 8.27. The first kappa shape index (κ1) is 19.0. The fourth-order valence-corrected chi connectivity index (χ4v) is 2.75. The van der Waals surface area contributed by atoms with E-state index in [0.717, 1.165) is 11.9 Å². The predicted molar refractivity (Wildman–Crippen MR) is 94.8 cm³/mol. The lowest BCUT2D eigenvalue weighted by atomic mass is 10.0. The molecular formula is C16H21F3N8. The number of halogens is 3. The fourth-order valence-electron chi connectivity index (χ4n) is 2.75. The second-order valence-electron chi connectivity index (χ2n) is 6.56. The summed E-state index contributed by atoms with van der Waals surface area (Å²) < 4.78 is 42.4. The van der Waals surface area contributed by atoms with Crippen LogP contribution in [-0.2, 0) is 20.0 Å². The van der Waals surface area contributed by atoms with Crippen molar-refractivity contribution in [3.05, 3.63) is 41.6 Å². The molecule has 4 N–H and O–H groups in total. The van der Waals surface area contributed by atoms with Gasteiger partial charge in [-0.05, 0) is 19.9 Å². The predicted octanol–water partition coefficient (Wildman–Crippen LogP) is 1.66. The molecule has 0 aromatic carbocycles. The lowest BCUT2D eigenvalue weighted by molar-refractivity contribution is -0.100. The molecule has 0 aliphatic carbocycles. The lowest BCUT2D eigenvalue weighted by Gasteiger charge is -2.30. The average Bonchev–Trinajstić information content (AvgIpc) is 3.09. The number of aliphatic imine (C=N–C) groups is 1. The van der Waals surface area contributed by atoms with Crippen molar-refractivity contribution in [3.8, 4) is 0 Å². The van der Waals surface area contributed by atoms with E-state index in [4.69, 9.17) is 5.73 Å². The Hall–Kier alpha value is -2.82. The molecule has 11 heteroatoms. The second kappa shape index (κ2) is 6.72. The Balaban J connectivity index is 1.68. The SMILES string of the molecule is Cc1nn(CCc2ccn(C)n2)cc1NC1=NC(C)(N)C(C(F)(F)F)=CN1. The zero-order valence-corrected chi connectivity index (χ0v) is 15.2. The lowest BCUT2D eigenvalue weighted by Crippen LogP contribution is -2.49. The van der Waals surface area contributed by atoms with Crippen LogP contribution in [-0.4, -0.2) is 37.4 Å². The zero-order valence-electron chi connectivity index (χ0n) is 15.2. The number of alkyl halides is 3. The maximum atomic E-state index is 13.0. The summed E-state index contributed by atoms with van der Waals surface area (Å²) in [5, 5.41) is 14.2. The molecule has 3 heterocycles. The van der Waals surface area contributed by atoms with Gasteiger partial charge in [-0.3, -0.25) is 9.36 Å². The minimum Gasteiger partial charge on any atom is -0.332 e. The van der Waals surface area contributed by atoms with Gasteiger partial charge in [-0.1, -0.05) is 0 Å². The van der Waals surface area contributed by atoms with Gasteiger partial charge in [0.15, 0.2) is 0 Å². The molecule has 0 fully saturated rings. The van der Waals surface area contributed by atoms with Gasteiger partial charge >= 0.3 is 6.18 Å². The number of guanidine groups is 1. The van der Waals surface area contributed by atoms with Gasteiger partial charge in [-0.2, -0.15) is 23.4 Å². The molecule has 3 rings (SSSR count). The van der Waals surface area contributed by atoms with Crippen LogP contribution in [0.5, 0.6) is 0 Å². The van der Waals surface area contributed by atoms with E-state index < -0.39 is 17.4 Å². The molecule has 0 radical (unpaired) electrons. The Morgan fingerprint density at radius 1 is 1.33 bits per heavy atom. The van der Waals surface area contributed by atoms with Crippen LogP contribution in [0.3, 0.4) is 0 Å². The van der Waals surface area contributed by atoms with Crippen molar-refractivity contribution < 1.29 is 13.2 Å². The molecule has 27 heavy (non-hydrogen) atoms. The van der Waals surface area contributed by atoms with Crippen molar-refractivity contribution in [2.75, 3.05) is 5.32 Å². The van der Waals surface area contributed by atoms with Crippen LogP contribution in [0.15, 0.2) is 35.2 Å². The Kier molecular flexibility index (Phi) is 4.72. The van der Waals surface area contributed by atoms with Crippen molar-refractivity contribution >= 4 is 11.6 Å². The van der Waals surface area contributed by atoms with Crippen molar-refractivity contribution in [1.29, 1.82) is 0 Å². The summed E-state index contributed by atoms with van der Waals surface area (Å²) in [4.78, 5) is 3.94. The highest BCUT2D eigenvalue weighted by molar-refractivity contribution is 5.95. The molecule has 0 saturated heterocycles. The number of nitrogens with zero attached hydrogens (tertiary/aromatic N) is 5. The molecule has 0 spiro atoms. The highest BCUT2D eigenvalue weighted by Gasteiger charge is 2.45. The quantitative estimate of drug-likeness (QED) is 0.747. The molecule has 1 aliphatic rings. The summed E-state index contributed by atoms with van der Waals surface area (Å²) in [6, 6.07) is 1.93. The normalized spacial score (nSPS) is 20.1. The highest BCUT2D eigenvalue weighted by atomic mass is 19.4. The molecule has 8 nitrogen and oxygen atoms in total. The molecule has 1 aliphatic heterocycles. The molecule has 1 unspecified atom stereocenters. The number of aryl methyl sites for hydroxylation is 4. The minimum atomic E-state index is -4.56. The van der Waals surface area contributed by atoms with Gasteiger partial charge in [0.05, 0.1) is 22.6 Å². The summed E-state index contributed by atoms with van der Waals surface area (Å²) in [6.45, 7) is 3.62. The first-order valence-electron chi connectivity index (χ1n) is 8.27. The Labute approximate surface area is 153 Å². The van der Waals surface area contributed by atoms with E-state index >= 15 is 0 Å². The van der Waals surface area contributed by atoms with Gasteiger partial charge in [-0.25, -0.2) is 4.99 Å². The van der Waals surface area contributed by atoms with Gasteiger partial charge in [-0.15, -0.1) is 0 Å². The van der Waals surface area contributed by atoms with Crippen LogP contribution >= 0.6 is 0 Å². The van der Waals surface area contributed by atoms with E-state index in [1.54, 1.807) is 22.5 Å². The Morgan fingerprint density at radius 3 is 2.67 bits per heavy atom. The van der Waals surface area contributed by atoms with Crippen LogP contribution in [0.1, 0.15) is 18.3 Å². The maximum Gasteiger partial charge on any atom is 0.417 e. The second-order valence-corrected chi connectivity index (χ2v) is 6.56. The topological polar surface area (TPSA) is 98.1 Å². The van der Waals surface area contributed by atoms with E-state index in [2.05, 4.69) is 25.8 Å². The van der Waals surface area contributed by atoms with Gasteiger partial charge in [0.25, 0.3) is 0 Å². The van der Waals surface area contributed by atoms with E-state index in [9.17, 15) is 13.2 Å². The van der Waals surface area contributed by atoms with E-state index in [0.29, 0.717) is 24.3 Å². The third-order valence-corrected chi connectivity index (χ3v) is 4.11. The summed E-state index contributed by atoms with van der Waals surface area (Å²) >= 11 is 0. The van der Waals surface area contributed by atoms with Crippen molar-refractivity contribution in [1.82, 2.24) is 24.9 Å². The minimum absolute atomic E-state index is 0.125. The monoisotopic (exact) mass is 382 g/mol. The molecular weight excluding hydrogens is 361 g/mol. The first-order chi connectivity index (χ1) is 12.5. The third kappa shape index (κ3) is 4.30. The standard InChI is InChI=1S/C16H21F3N8/c1-10-12(9-27(24-10)7-5-11-4-6-26(3)25-11)22-14-21-8-13(16(17,18)19)15(2,20)23-14/h4,6,8-9H,5,7,20H2,1-3H3,(H2,21,22,23). The van der Waals surface area contributed by atoms with Gasteiger partial charge < -0.3 is 16.4 Å². The van der Waals surface area contributed by atoms with Gasteiger partial charge in [0.2, 0.25) is 5.96 Å². The van der Waals surface area contributed by atoms with Crippen LogP contribution < -0.4 is 16.4 Å². The summed E-state index contributed by atoms with van der Waals surface area (Å²) in [5.41, 5.74) is 5.16. The molecule has 146 valence electrons. The summed E-state index contributed by atoms with van der Waals surface area (Å²) in [5.74, 6) is 0.125. The van der Waals surface area contributed by atoms with Crippen LogP contribution in [0, 0.1) is 6.92 Å². The van der Waals surface area contributed by atoms with Crippen molar-refractivity contribution in [2.45, 2.75) is 38.7 Å². The number of anilines is 1. The molecule has 2 aromatic heterocycles. The fraction of sp³-hybridized carbons (Fsp3) is 0.438. The number of hydrogen-bond donors (Lipinski definition) is 3. The molecule has 0 saturated carbocycles. The molecule has 0 amide bonds. The summed E-state index contributed by atoms with van der Waals surface area (Å²) in [7, 11) is 1.85. The van der Waals surface area contributed by atoms with Gasteiger partial charge in [0, 0.05) is 38.6 Å². The molecule has 1 atom stereocenters. The maximum absolute atomic E-state index is 13.0.